The molecule has 2 aliphatic rings. The molecule has 0 radical (unpaired) electrons. The first-order valence-corrected chi connectivity index (χ1v) is 9.61. The van der Waals surface area contributed by atoms with Crippen LogP contribution in [0.25, 0.3) is 0 Å². The van der Waals surface area contributed by atoms with Gasteiger partial charge in [-0.3, -0.25) is 0 Å². The van der Waals surface area contributed by atoms with Crippen LogP contribution < -0.4 is 5.32 Å². The van der Waals surface area contributed by atoms with E-state index in [0.717, 1.165) is 24.3 Å². The molecule has 1 unspecified atom stereocenters. The van der Waals surface area contributed by atoms with Crippen LogP contribution in [0.5, 0.6) is 0 Å². The first-order chi connectivity index (χ1) is 9.55. The molecule has 1 aromatic heterocycles. The minimum atomic E-state index is -3.31. The van der Waals surface area contributed by atoms with Crippen molar-refractivity contribution in [3.8, 4) is 0 Å². The van der Waals surface area contributed by atoms with Crippen molar-refractivity contribution in [2.75, 3.05) is 19.6 Å². The summed E-state index contributed by atoms with van der Waals surface area (Å²) in [4.78, 5) is 1.05. The zero-order chi connectivity index (χ0) is 14.2. The lowest BCUT2D eigenvalue weighted by atomic mass is 10.2. The third-order valence-electron chi connectivity index (χ3n) is 4.06. The van der Waals surface area contributed by atoms with E-state index >= 15 is 0 Å². The fraction of sp³-hybridized carbons (Fsp3) is 0.714. The number of hydrogen-bond donors (Lipinski definition) is 1. The summed E-state index contributed by atoms with van der Waals surface area (Å²) < 4.78 is 27.8. The van der Waals surface area contributed by atoms with Crippen molar-refractivity contribution in [2.24, 2.45) is 5.92 Å². The van der Waals surface area contributed by atoms with Crippen LogP contribution in [0.1, 0.15) is 30.6 Å². The number of nitrogens with zero attached hydrogens (tertiary/aromatic N) is 1. The van der Waals surface area contributed by atoms with Crippen molar-refractivity contribution < 1.29 is 8.42 Å². The van der Waals surface area contributed by atoms with E-state index in [1.807, 2.05) is 13.0 Å². The zero-order valence-electron chi connectivity index (χ0n) is 11.8. The molecule has 0 bridgehead atoms. The Morgan fingerprint density at radius 1 is 1.30 bits per heavy atom. The van der Waals surface area contributed by atoms with Crippen LogP contribution >= 0.6 is 11.3 Å². The Morgan fingerprint density at radius 2 is 2.10 bits per heavy atom. The summed E-state index contributed by atoms with van der Waals surface area (Å²) in [5.41, 5.74) is 0. The Kier molecular flexibility index (Phi) is 4.17. The number of thiophene rings is 1. The van der Waals surface area contributed by atoms with Crippen LogP contribution in [0, 0.1) is 12.8 Å². The van der Waals surface area contributed by atoms with Crippen LogP contribution in [-0.2, 0) is 10.0 Å². The fourth-order valence-electron chi connectivity index (χ4n) is 2.70. The molecule has 6 heteroatoms. The molecular weight excluding hydrogens is 292 g/mol. The smallest absolute Gasteiger partial charge is 0.252 e. The third kappa shape index (κ3) is 3.24. The molecule has 1 saturated heterocycles. The van der Waals surface area contributed by atoms with Gasteiger partial charge in [0.2, 0.25) is 0 Å². The first-order valence-electron chi connectivity index (χ1n) is 7.35. The van der Waals surface area contributed by atoms with Crippen LogP contribution in [-0.4, -0.2) is 38.4 Å². The molecule has 1 saturated carbocycles. The van der Waals surface area contributed by atoms with Crippen molar-refractivity contribution in [1.82, 2.24) is 9.62 Å². The molecule has 1 aliphatic carbocycles. The highest BCUT2D eigenvalue weighted by Gasteiger charge is 2.34. The second kappa shape index (κ2) is 5.75. The SMILES string of the molecule is Cc1ccc(S(=O)(=O)N(CC2CC2)CC2CCCN2)s1. The summed E-state index contributed by atoms with van der Waals surface area (Å²) in [6.07, 6.45) is 4.58. The van der Waals surface area contributed by atoms with E-state index in [4.69, 9.17) is 0 Å². The highest BCUT2D eigenvalue weighted by molar-refractivity contribution is 7.91. The number of rotatable bonds is 6. The average Bonchev–Trinajstić information content (AvgIpc) is 2.89. The highest BCUT2D eigenvalue weighted by atomic mass is 32.2. The second-order valence-electron chi connectivity index (χ2n) is 5.92. The van der Waals surface area contributed by atoms with Crippen LogP contribution in [0.4, 0.5) is 0 Å². The van der Waals surface area contributed by atoms with Crippen molar-refractivity contribution in [3.63, 3.8) is 0 Å². The molecule has 2 fully saturated rings. The summed E-state index contributed by atoms with van der Waals surface area (Å²) >= 11 is 1.38. The molecule has 1 aliphatic heterocycles. The zero-order valence-corrected chi connectivity index (χ0v) is 13.5. The van der Waals surface area contributed by atoms with Gasteiger partial charge in [0.05, 0.1) is 0 Å². The van der Waals surface area contributed by atoms with Crippen molar-refractivity contribution in [2.45, 2.75) is 42.9 Å². The Balaban J connectivity index is 1.79. The molecule has 1 aromatic rings. The van der Waals surface area contributed by atoms with Gasteiger partial charge in [-0.1, -0.05) is 0 Å². The monoisotopic (exact) mass is 314 g/mol. The number of sulfonamides is 1. The van der Waals surface area contributed by atoms with E-state index < -0.39 is 10.0 Å². The van der Waals surface area contributed by atoms with Gasteiger partial charge in [-0.05, 0) is 57.2 Å². The van der Waals surface area contributed by atoms with Crippen LogP contribution in [0.2, 0.25) is 0 Å². The molecule has 0 amide bonds. The summed E-state index contributed by atoms with van der Waals surface area (Å²) in [5.74, 6) is 0.576. The van der Waals surface area contributed by atoms with Gasteiger partial charge in [0, 0.05) is 24.0 Å². The standard InChI is InChI=1S/C14H22N2O2S2/c1-11-4-7-14(19-11)20(17,18)16(9-12-5-6-12)10-13-3-2-8-15-13/h4,7,12-13,15H,2-3,5-6,8-10H2,1H3. The topological polar surface area (TPSA) is 49.4 Å². The van der Waals surface area contributed by atoms with Crippen LogP contribution in [0.15, 0.2) is 16.3 Å². The first kappa shape index (κ1) is 14.5. The summed E-state index contributed by atoms with van der Waals surface area (Å²) in [5, 5.41) is 3.41. The van der Waals surface area contributed by atoms with Gasteiger partial charge in [0.25, 0.3) is 10.0 Å². The molecule has 2 heterocycles. The molecule has 20 heavy (non-hydrogen) atoms. The van der Waals surface area contributed by atoms with E-state index in [0.29, 0.717) is 29.3 Å². The Bertz CT molecular complexity index is 557. The van der Waals surface area contributed by atoms with Gasteiger partial charge in [0.1, 0.15) is 4.21 Å². The largest absolute Gasteiger partial charge is 0.313 e. The lowest BCUT2D eigenvalue weighted by Gasteiger charge is -2.24. The quantitative estimate of drug-likeness (QED) is 0.876. The van der Waals surface area contributed by atoms with E-state index in [1.54, 1.807) is 10.4 Å². The van der Waals surface area contributed by atoms with E-state index in [9.17, 15) is 8.42 Å². The normalized spacial score (nSPS) is 23.6. The molecule has 112 valence electrons. The van der Waals surface area contributed by atoms with E-state index in [-0.39, 0.29) is 0 Å². The minimum absolute atomic E-state index is 0.324. The highest BCUT2D eigenvalue weighted by Crippen LogP contribution is 2.33. The Morgan fingerprint density at radius 3 is 2.65 bits per heavy atom. The average molecular weight is 314 g/mol. The van der Waals surface area contributed by atoms with E-state index in [1.165, 1.54) is 24.2 Å². The lowest BCUT2D eigenvalue weighted by Crippen LogP contribution is -2.41. The molecule has 1 N–H and O–H groups in total. The summed E-state index contributed by atoms with van der Waals surface area (Å²) in [6, 6.07) is 3.96. The van der Waals surface area contributed by atoms with Gasteiger partial charge in [-0.2, -0.15) is 4.31 Å². The predicted octanol–water partition coefficient (Wildman–Crippen LogP) is 2.21. The van der Waals surface area contributed by atoms with Crippen molar-refractivity contribution >= 4 is 21.4 Å². The Hall–Kier alpha value is -0.430. The lowest BCUT2D eigenvalue weighted by molar-refractivity contribution is 0.359. The Labute approximate surface area is 125 Å². The fourth-order valence-corrected chi connectivity index (χ4v) is 5.69. The molecule has 0 spiro atoms. The molecular formula is C14H22N2O2S2. The summed E-state index contributed by atoms with van der Waals surface area (Å²) in [7, 11) is -3.31. The van der Waals surface area contributed by atoms with E-state index in [2.05, 4.69) is 5.32 Å². The third-order valence-corrected chi connectivity index (χ3v) is 7.35. The maximum Gasteiger partial charge on any atom is 0.252 e. The summed E-state index contributed by atoms with van der Waals surface area (Å²) in [6.45, 7) is 4.28. The maximum absolute atomic E-state index is 12.8. The number of nitrogens with one attached hydrogen (secondary N) is 1. The molecule has 0 aromatic carbocycles. The van der Waals surface area contributed by atoms with Crippen molar-refractivity contribution in [1.29, 1.82) is 0 Å². The minimum Gasteiger partial charge on any atom is -0.313 e. The van der Waals surface area contributed by atoms with Gasteiger partial charge in [-0.15, -0.1) is 11.3 Å². The predicted molar refractivity (Wildman–Crippen MR) is 81.6 cm³/mol. The van der Waals surface area contributed by atoms with Crippen LogP contribution in [0.3, 0.4) is 0 Å². The molecule has 4 nitrogen and oxygen atoms in total. The van der Waals surface area contributed by atoms with Gasteiger partial charge >= 0.3 is 0 Å². The van der Waals surface area contributed by atoms with Gasteiger partial charge in [0.15, 0.2) is 0 Å². The van der Waals surface area contributed by atoms with Crippen molar-refractivity contribution in [3.05, 3.63) is 17.0 Å². The second-order valence-corrected chi connectivity index (χ2v) is 9.38. The maximum atomic E-state index is 12.8. The molecule has 3 rings (SSSR count). The van der Waals surface area contributed by atoms with Gasteiger partial charge in [-0.25, -0.2) is 8.42 Å². The number of aryl methyl sites for hydroxylation is 1. The molecule has 1 atom stereocenters. The van der Waals surface area contributed by atoms with Gasteiger partial charge < -0.3 is 5.32 Å². The number of hydrogen-bond acceptors (Lipinski definition) is 4.